The fourth-order valence-corrected chi connectivity index (χ4v) is 0.363. The second kappa shape index (κ2) is 5.70. The number of rotatable bonds is 3. The summed E-state index contributed by atoms with van der Waals surface area (Å²) in [5, 5.41) is 14.2. The molecule has 0 saturated carbocycles. The Kier molecular flexibility index (Phi) is 4.85. The van der Waals surface area contributed by atoms with Gasteiger partial charge in [0, 0.05) is 0 Å². The van der Waals surface area contributed by atoms with Crippen LogP contribution in [-0.4, -0.2) is 23.7 Å². The van der Waals surface area contributed by atoms with Gasteiger partial charge in [-0.1, -0.05) is 0 Å². The lowest BCUT2D eigenvalue weighted by atomic mass is 10.5. The first-order valence-corrected chi connectivity index (χ1v) is 3.48. The molecule has 0 unspecified atom stereocenters. The van der Waals surface area contributed by atoms with Gasteiger partial charge in [-0.05, 0) is 13.8 Å². The first-order valence-electron chi connectivity index (χ1n) is 3.48. The van der Waals surface area contributed by atoms with Crippen molar-refractivity contribution in [3.63, 3.8) is 0 Å². The lowest BCUT2D eigenvalue weighted by molar-refractivity contribution is 1.20. The van der Waals surface area contributed by atoms with Gasteiger partial charge in [-0.2, -0.15) is 10.2 Å². The highest BCUT2D eigenvalue weighted by Gasteiger charge is 1.83. The largest absolute Gasteiger partial charge is 0.386 e. The average molecular weight is 183 g/mol. The fourth-order valence-electron chi connectivity index (χ4n) is 0.363. The Bertz CT molecular complexity index is 265. The molecule has 0 bridgehead atoms. The van der Waals surface area contributed by atoms with E-state index in [1.807, 2.05) is 0 Å². The lowest BCUT2D eigenvalue weighted by Crippen LogP contribution is -2.21. The van der Waals surface area contributed by atoms with Crippen molar-refractivity contribution in [2.24, 2.45) is 37.6 Å². The van der Waals surface area contributed by atoms with Crippen LogP contribution in [0.3, 0.4) is 0 Å². The molecule has 13 heavy (non-hydrogen) atoms. The smallest absolute Gasteiger partial charge is 0.211 e. The van der Waals surface area contributed by atoms with Crippen LogP contribution < -0.4 is 17.2 Å². The van der Waals surface area contributed by atoms with Crippen LogP contribution in [0.1, 0.15) is 13.8 Å². The summed E-state index contributed by atoms with van der Waals surface area (Å²) in [5.41, 5.74) is 15.9. The first kappa shape index (κ1) is 11.1. The Morgan fingerprint density at radius 1 is 1.00 bits per heavy atom. The summed E-state index contributed by atoms with van der Waals surface area (Å²) in [7, 11) is 0. The van der Waals surface area contributed by atoms with Gasteiger partial charge in [0.15, 0.2) is 0 Å². The molecule has 0 aromatic rings. The van der Waals surface area contributed by atoms with Crippen LogP contribution in [0.5, 0.6) is 0 Å². The van der Waals surface area contributed by atoms with E-state index in [4.69, 9.17) is 17.2 Å². The first-order chi connectivity index (χ1) is 6.02. The van der Waals surface area contributed by atoms with E-state index < -0.39 is 0 Å². The molecule has 7 heteroatoms. The van der Waals surface area contributed by atoms with Crippen LogP contribution in [0.2, 0.25) is 0 Å². The fraction of sp³-hybridized carbons (Fsp3) is 0.333. The van der Waals surface area contributed by atoms with E-state index in [0.29, 0.717) is 11.5 Å². The average Bonchev–Trinajstić information content (AvgIpc) is 2.00. The summed E-state index contributed by atoms with van der Waals surface area (Å²) >= 11 is 0. The second-order valence-electron chi connectivity index (χ2n) is 2.25. The molecule has 0 aromatic heterocycles. The van der Waals surface area contributed by atoms with E-state index in [1.165, 1.54) is 6.21 Å². The Morgan fingerprint density at radius 3 is 2.08 bits per heavy atom. The summed E-state index contributed by atoms with van der Waals surface area (Å²) in [6, 6.07) is 0. The predicted molar refractivity (Wildman–Crippen MR) is 54.7 cm³/mol. The summed E-state index contributed by atoms with van der Waals surface area (Å²) in [6.07, 6.45) is 1.37. The standard InChI is InChI=1S/C6H13N7/c1-4(11-12-5(2)7)3-10-13-6(8)9/h3H,1-2H3,(H2,7,12)(H4,8,9,13)/b10-3+,11-4+. The Balaban J connectivity index is 4.22. The molecule has 0 aliphatic heterocycles. The van der Waals surface area contributed by atoms with E-state index in [2.05, 4.69) is 20.4 Å². The zero-order valence-electron chi connectivity index (χ0n) is 7.60. The van der Waals surface area contributed by atoms with Gasteiger partial charge in [-0.25, -0.2) is 0 Å². The molecule has 0 aromatic carbocycles. The molecule has 0 aliphatic carbocycles. The molecule has 0 heterocycles. The van der Waals surface area contributed by atoms with Crippen molar-refractivity contribution in [1.29, 1.82) is 0 Å². The van der Waals surface area contributed by atoms with Gasteiger partial charge in [0.1, 0.15) is 5.84 Å². The predicted octanol–water partition coefficient (Wildman–Crippen LogP) is -1.00. The van der Waals surface area contributed by atoms with Gasteiger partial charge in [0.25, 0.3) is 0 Å². The molecular formula is C6H13N7. The van der Waals surface area contributed by atoms with Gasteiger partial charge in [-0.3, -0.25) is 0 Å². The molecule has 0 spiro atoms. The highest BCUT2D eigenvalue weighted by atomic mass is 15.3. The van der Waals surface area contributed by atoms with Gasteiger partial charge in [0.2, 0.25) is 5.96 Å². The number of amidine groups is 1. The van der Waals surface area contributed by atoms with Gasteiger partial charge in [0.05, 0.1) is 11.9 Å². The van der Waals surface area contributed by atoms with Crippen molar-refractivity contribution in [1.82, 2.24) is 0 Å². The summed E-state index contributed by atoms with van der Waals surface area (Å²) in [6.45, 7) is 3.32. The van der Waals surface area contributed by atoms with Crippen molar-refractivity contribution in [2.45, 2.75) is 13.8 Å². The van der Waals surface area contributed by atoms with Crippen molar-refractivity contribution >= 4 is 23.7 Å². The lowest BCUT2D eigenvalue weighted by Gasteiger charge is -1.86. The quantitative estimate of drug-likeness (QED) is 0.295. The minimum atomic E-state index is -0.109. The molecule has 0 rings (SSSR count). The highest BCUT2D eigenvalue weighted by molar-refractivity contribution is 6.29. The Labute approximate surface area is 76.1 Å². The van der Waals surface area contributed by atoms with Gasteiger partial charge < -0.3 is 17.2 Å². The minimum Gasteiger partial charge on any atom is -0.386 e. The molecule has 7 nitrogen and oxygen atoms in total. The van der Waals surface area contributed by atoms with E-state index >= 15 is 0 Å². The van der Waals surface area contributed by atoms with Crippen LogP contribution >= 0.6 is 0 Å². The molecule has 0 atom stereocenters. The second-order valence-corrected chi connectivity index (χ2v) is 2.25. The van der Waals surface area contributed by atoms with Crippen LogP contribution in [-0.2, 0) is 0 Å². The van der Waals surface area contributed by atoms with Crippen molar-refractivity contribution in [3.8, 4) is 0 Å². The van der Waals surface area contributed by atoms with Gasteiger partial charge in [-0.15, -0.1) is 10.2 Å². The van der Waals surface area contributed by atoms with Crippen molar-refractivity contribution in [2.75, 3.05) is 0 Å². The van der Waals surface area contributed by atoms with Crippen LogP contribution in [0.25, 0.3) is 0 Å². The maximum Gasteiger partial charge on any atom is 0.211 e. The van der Waals surface area contributed by atoms with Crippen LogP contribution in [0.15, 0.2) is 20.4 Å². The zero-order chi connectivity index (χ0) is 10.3. The molecule has 0 fully saturated rings. The monoisotopic (exact) mass is 183 g/mol. The topological polar surface area (TPSA) is 127 Å². The van der Waals surface area contributed by atoms with Crippen molar-refractivity contribution in [3.05, 3.63) is 0 Å². The Morgan fingerprint density at radius 2 is 1.62 bits per heavy atom. The molecule has 0 amide bonds. The summed E-state index contributed by atoms with van der Waals surface area (Å²) < 4.78 is 0. The SMILES string of the molecule is CC(N)=N/N=C(C)/C=N/N=C(N)N. The van der Waals surface area contributed by atoms with Crippen LogP contribution in [0.4, 0.5) is 0 Å². The number of hydrogen-bond acceptors (Lipinski definition) is 4. The third kappa shape index (κ3) is 7.98. The highest BCUT2D eigenvalue weighted by Crippen LogP contribution is 1.78. The van der Waals surface area contributed by atoms with Gasteiger partial charge >= 0.3 is 0 Å². The zero-order valence-corrected chi connectivity index (χ0v) is 7.60. The summed E-state index contributed by atoms with van der Waals surface area (Å²) in [4.78, 5) is 0. The molecular weight excluding hydrogens is 170 g/mol. The van der Waals surface area contributed by atoms with Crippen LogP contribution in [0, 0.1) is 0 Å². The Hall–Kier alpha value is -1.92. The van der Waals surface area contributed by atoms with E-state index in [1.54, 1.807) is 13.8 Å². The number of hydrogen-bond donors (Lipinski definition) is 3. The summed E-state index contributed by atoms with van der Waals surface area (Å²) in [5.74, 6) is 0.261. The number of guanidine groups is 1. The van der Waals surface area contributed by atoms with E-state index in [0.717, 1.165) is 0 Å². The normalized spacial score (nSPS) is 13.4. The maximum absolute atomic E-state index is 5.25. The third-order valence-electron chi connectivity index (χ3n) is 0.783. The molecule has 6 N–H and O–H groups in total. The van der Waals surface area contributed by atoms with Crippen molar-refractivity contribution < 1.29 is 0 Å². The van der Waals surface area contributed by atoms with E-state index in [9.17, 15) is 0 Å². The minimum absolute atomic E-state index is 0.109. The maximum atomic E-state index is 5.25. The third-order valence-corrected chi connectivity index (χ3v) is 0.783. The molecule has 72 valence electrons. The molecule has 0 aliphatic rings. The number of nitrogens with zero attached hydrogens (tertiary/aromatic N) is 4. The molecule has 0 radical (unpaired) electrons. The number of nitrogens with two attached hydrogens (primary N) is 3. The van der Waals surface area contributed by atoms with E-state index in [-0.39, 0.29) is 5.96 Å². The molecule has 0 saturated heterocycles.